The zero-order chi connectivity index (χ0) is 29.4. The Morgan fingerprint density at radius 2 is 1.70 bits per heavy atom. The van der Waals surface area contributed by atoms with Crippen LogP contribution in [0.5, 0.6) is 23.0 Å². The Balaban J connectivity index is 0.000000241. The molecule has 7 nitrogen and oxygen atoms in total. The highest BCUT2D eigenvalue weighted by Gasteiger charge is 2.19. The summed E-state index contributed by atoms with van der Waals surface area (Å²) in [5.74, 6) is 0.776. The van der Waals surface area contributed by atoms with E-state index in [2.05, 4.69) is 11.7 Å². The highest BCUT2D eigenvalue weighted by molar-refractivity contribution is 7.91. The molecule has 0 spiro atoms. The first-order valence-electron chi connectivity index (χ1n) is 12.8. The largest absolute Gasteiger partial charge is 0.507 e. The van der Waals surface area contributed by atoms with Crippen molar-refractivity contribution in [3.05, 3.63) is 83.4 Å². The van der Waals surface area contributed by atoms with Crippen molar-refractivity contribution < 1.29 is 28.1 Å². The molecule has 0 amide bonds. The predicted molar refractivity (Wildman–Crippen MR) is 158 cm³/mol. The molecule has 4 rings (SSSR count). The molecule has 0 saturated carbocycles. The van der Waals surface area contributed by atoms with Crippen molar-refractivity contribution in [2.24, 2.45) is 0 Å². The number of hydrogen-bond donors (Lipinski definition) is 2. The van der Waals surface area contributed by atoms with E-state index in [0.717, 1.165) is 33.9 Å². The number of phenols is 2. The van der Waals surface area contributed by atoms with Gasteiger partial charge in [0.2, 0.25) is 0 Å². The van der Waals surface area contributed by atoms with Crippen LogP contribution >= 0.6 is 0 Å². The summed E-state index contributed by atoms with van der Waals surface area (Å²) in [6.45, 7) is 7.61. The number of hydrogen-bond acceptors (Lipinski definition) is 7. The molecule has 0 heterocycles. The number of sulfone groups is 1. The molecule has 2 N–H and O–H groups in total. The normalized spacial score (nSPS) is 11.1. The van der Waals surface area contributed by atoms with Gasteiger partial charge in [-0.2, -0.15) is 0 Å². The monoisotopic (exact) mass is 559 g/mol. The van der Waals surface area contributed by atoms with Crippen LogP contribution in [0, 0.1) is 18.4 Å². The van der Waals surface area contributed by atoms with Crippen molar-refractivity contribution in [3.8, 4) is 40.4 Å². The molecule has 0 aliphatic carbocycles. The number of nitrogens with zero attached hydrogens (tertiary/aromatic N) is 1. The molecule has 0 fully saturated rings. The molecular weight excluding hydrogens is 526 g/mol. The number of phenolic OH excluding ortho intramolecular Hbond substituents is 2. The Hall–Kier alpha value is -4.48. The van der Waals surface area contributed by atoms with Crippen LogP contribution in [-0.2, 0) is 16.3 Å². The fourth-order valence-corrected chi connectivity index (χ4v) is 5.57. The summed E-state index contributed by atoms with van der Waals surface area (Å²) in [6, 6.07) is 17.6. The highest BCUT2D eigenvalue weighted by atomic mass is 32.2. The summed E-state index contributed by atoms with van der Waals surface area (Å²) in [4.78, 5) is 0.0326. The lowest BCUT2D eigenvalue weighted by molar-refractivity contribution is 0.400. The second-order valence-corrected chi connectivity index (χ2v) is 11.2. The predicted octanol–water partition coefficient (Wildman–Crippen LogP) is 7.17. The first kappa shape index (κ1) is 30.1. The molecule has 0 bridgehead atoms. The molecule has 0 atom stereocenters. The Labute approximate surface area is 235 Å². The lowest BCUT2D eigenvalue weighted by atomic mass is 9.89. The Morgan fingerprint density at radius 3 is 2.30 bits per heavy atom. The average Bonchev–Trinajstić information content (AvgIpc) is 2.96. The van der Waals surface area contributed by atoms with Gasteiger partial charge in [-0.1, -0.05) is 56.3 Å². The average molecular weight is 560 g/mol. The molecule has 0 unspecified atom stereocenters. The summed E-state index contributed by atoms with van der Waals surface area (Å²) in [5.41, 5.74) is 4.55. The molecule has 0 saturated heterocycles. The number of fused-ring (bicyclic) bond motifs is 1. The van der Waals surface area contributed by atoms with Crippen LogP contribution in [0.3, 0.4) is 0 Å². The number of methoxy groups -OCH3 is 1. The zero-order valence-electron chi connectivity index (χ0n) is 23.2. The number of ether oxygens (including phenoxy) is 2. The standard InChI is InChI=1S/C22H22O2.C10H11NO4S/c1-4-8-17-15(5-2)11-12-20(23)21(17)19-13-14(3)16-9-6-7-10-18(16)22(19)24;1-3-16(12,13)10-6-8(15-7-11)4-5-9(10)14-2/h4,6-13,23-24H,5H2,1-3H3;4-6H,3H2,1-2H3/b8-4-;. The van der Waals surface area contributed by atoms with Gasteiger partial charge in [0.15, 0.2) is 9.84 Å². The van der Waals surface area contributed by atoms with Crippen LogP contribution in [-0.4, -0.2) is 31.5 Å². The van der Waals surface area contributed by atoms with Gasteiger partial charge in [0.1, 0.15) is 27.9 Å². The topological polar surface area (TPSA) is 117 Å². The summed E-state index contributed by atoms with van der Waals surface area (Å²) in [5, 5.41) is 31.6. The van der Waals surface area contributed by atoms with E-state index in [1.54, 1.807) is 6.07 Å². The van der Waals surface area contributed by atoms with E-state index < -0.39 is 9.84 Å². The zero-order valence-corrected chi connectivity index (χ0v) is 24.0. The fraction of sp³-hybridized carbons (Fsp3) is 0.219. The molecule has 0 aliphatic rings. The van der Waals surface area contributed by atoms with Gasteiger partial charge in [-0.25, -0.2) is 8.42 Å². The van der Waals surface area contributed by atoms with E-state index in [1.165, 1.54) is 38.5 Å². The summed E-state index contributed by atoms with van der Waals surface area (Å²) >= 11 is 0. The van der Waals surface area contributed by atoms with Crippen molar-refractivity contribution in [2.45, 2.75) is 39.0 Å². The maximum Gasteiger partial charge on any atom is 0.292 e. The van der Waals surface area contributed by atoms with Crippen LogP contribution in [0.2, 0.25) is 0 Å². The molecule has 4 aromatic carbocycles. The maximum atomic E-state index is 11.7. The van der Waals surface area contributed by atoms with Crippen molar-refractivity contribution in [2.75, 3.05) is 12.9 Å². The van der Waals surface area contributed by atoms with Gasteiger partial charge in [-0.3, -0.25) is 0 Å². The van der Waals surface area contributed by atoms with E-state index in [-0.39, 0.29) is 33.6 Å². The smallest absolute Gasteiger partial charge is 0.292 e. The molecule has 0 radical (unpaired) electrons. The van der Waals surface area contributed by atoms with Crippen LogP contribution in [0.25, 0.3) is 28.0 Å². The van der Waals surface area contributed by atoms with E-state index in [9.17, 15) is 18.6 Å². The van der Waals surface area contributed by atoms with Gasteiger partial charge in [-0.15, -0.1) is 5.26 Å². The van der Waals surface area contributed by atoms with E-state index in [1.807, 2.05) is 62.4 Å². The van der Waals surface area contributed by atoms with E-state index >= 15 is 0 Å². The molecule has 0 aliphatic heterocycles. The highest BCUT2D eigenvalue weighted by Crippen LogP contribution is 2.44. The Kier molecular flexibility index (Phi) is 9.81. The number of aromatic hydroxyl groups is 2. The third-order valence-electron chi connectivity index (χ3n) is 6.53. The Morgan fingerprint density at radius 1 is 1.00 bits per heavy atom. The van der Waals surface area contributed by atoms with Gasteiger partial charge in [-0.05, 0) is 66.6 Å². The summed E-state index contributed by atoms with van der Waals surface area (Å²) in [6.07, 6.45) is 6.30. The number of rotatable bonds is 7. The number of benzene rings is 4. The van der Waals surface area contributed by atoms with Crippen LogP contribution in [0.1, 0.15) is 37.5 Å². The number of aryl methyl sites for hydroxylation is 2. The SMILES string of the molecule is C/C=C\c1c(CC)ccc(O)c1-c1cc(C)c2ccccc2c1O.CCS(=O)(=O)c1cc(OC#N)ccc1OC. The van der Waals surface area contributed by atoms with Gasteiger partial charge in [0.05, 0.1) is 12.9 Å². The van der Waals surface area contributed by atoms with Crippen LogP contribution in [0.15, 0.2) is 71.6 Å². The number of allylic oxidation sites excluding steroid dienone is 1. The Bertz CT molecular complexity index is 1700. The first-order chi connectivity index (χ1) is 19.1. The van der Waals surface area contributed by atoms with Gasteiger partial charge in [0.25, 0.3) is 6.26 Å². The number of nitriles is 1. The molecular formula is C32H33NO6S. The van der Waals surface area contributed by atoms with Gasteiger partial charge >= 0.3 is 0 Å². The minimum Gasteiger partial charge on any atom is -0.507 e. The minimum absolute atomic E-state index is 0.0326. The third-order valence-corrected chi connectivity index (χ3v) is 8.28. The van der Waals surface area contributed by atoms with Gasteiger partial charge < -0.3 is 19.7 Å². The van der Waals surface area contributed by atoms with E-state index in [4.69, 9.17) is 10.00 Å². The maximum absolute atomic E-state index is 11.7. The quantitative estimate of drug-likeness (QED) is 0.231. The second-order valence-electron chi connectivity index (χ2n) is 8.93. The molecule has 8 heteroatoms. The van der Waals surface area contributed by atoms with Crippen LogP contribution in [0.4, 0.5) is 0 Å². The van der Waals surface area contributed by atoms with Crippen molar-refractivity contribution in [1.82, 2.24) is 0 Å². The van der Waals surface area contributed by atoms with Crippen molar-refractivity contribution in [3.63, 3.8) is 0 Å². The molecule has 0 aromatic heterocycles. The van der Waals surface area contributed by atoms with Crippen molar-refractivity contribution in [1.29, 1.82) is 5.26 Å². The second kappa shape index (κ2) is 13.0. The lowest BCUT2D eigenvalue weighted by Crippen LogP contribution is -2.06. The molecule has 40 heavy (non-hydrogen) atoms. The third kappa shape index (κ3) is 6.22. The van der Waals surface area contributed by atoms with Crippen LogP contribution < -0.4 is 9.47 Å². The fourth-order valence-electron chi connectivity index (χ4n) is 4.50. The molecule has 4 aromatic rings. The molecule has 208 valence electrons. The first-order valence-corrected chi connectivity index (χ1v) is 14.4. The van der Waals surface area contributed by atoms with E-state index in [0.29, 0.717) is 11.1 Å². The minimum atomic E-state index is -3.40. The summed E-state index contributed by atoms with van der Waals surface area (Å²) in [7, 11) is -2.01. The lowest BCUT2D eigenvalue weighted by Gasteiger charge is -2.17. The summed E-state index contributed by atoms with van der Waals surface area (Å²) < 4.78 is 33.0. The van der Waals surface area contributed by atoms with Crippen molar-refractivity contribution >= 4 is 26.7 Å². The van der Waals surface area contributed by atoms with Gasteiger partial charge in [0, 0.05) is 22.6 Å².